The average molecular weight is 370 g/mol. The second kappa shape index (κ2) is 7.11. The highest BCUT2D eigenvalue weighted by Crippen LogP contribution is 2.32. The number of nitrogens with two attached hydrogens (primary N) is 1. The highest BCUT2D eigenvalue weighted by molar-refractivity contribution is 7.90. The molecule has 0 unspecified atom stereocenters. The quantitative estimate of drug-likeness (QED) is 0.503. The highest BCUT2D eigenvalue weighted by atomic mass is 32.2. The fourth-order valence-corrected chi connectivity index (χ4v) is 3.31. The van der Waals surface area contributed by atoms with Crippen LogP contribution >= 0.6 is 0 Å². The fraction of sp³-hybridized carbons (Fsp3) is 0.500. The molecule has 8 nitrogen and oxygen atoms in total. The lowest BCUT2D eigenvalue weighted by molar-refractivity contribution is -0.153. The zero-order chi connectivity index (χ0) is 18.8. The van der Waals surface area contributed by atoms with Crippen molar-refractivity contribution in [2.24, 2.45) is 5.73 Å². The molecule has 1 fully saturated rings. The van der Waals surface area contributed by atoms with Gasteiger partial charge in [-0.2, -0.15) is 0 Å². The molecule has 1 saturated carbocycles. The number of aliphatic hydroxyl groups is 1. The number of rotatable bonds is 7. The maximum absolute atomic E-state index is 12.1. The summed E-state index contributed by atoms with van der Waals surface area (Å²) < 4.78 is 22.8. The fourth-order valence-electron chi connectivity index (χ4n) is 2.68. The van der Waals surface area contributed by atoms with Crippen LogP contribution in [0, 0.1) is 0 Å². The number of carboxylic acid groups (broad SMARTS) is 1. The summed E-state index contributed by atoms with van der Waals surface area (Å²) in [6, 6.07) is 5.03. The Hall–Kier alpha value is -1.97. The Morgan fingerprint density at radius 3 is 2.24 bits per heavy atom. The van der Waals surface area contributed by atoms with Gasteiger partial charge < -0.3 is 21.3 Å². The maximum Gasteiger partial charge on any atom is 0.329 e. The van der Waals surface area contributed by atoms with Gasteiger partial charge in [0.05, 0.1) is 4.90 Å². The predicted octanol–water partition coefficient (Wildman–Crippen LogP) is -0.556. The smallest absolute Gasteiger partial charge is 0.329 e. The molecule has 2 atom stereocenters. The first-order valence-corrected chi connectivity index (χ1v) is 9.72. The van der Waals surface area contributed by atoms with E-state index in [1.807, 2.05) is 0 Å². The summed E-state index contributed by atoms with van der Waals surface area (Å²) in [4.78, 5) is 23.5. The predicted molar refractivity (Wildman–Crippen MR) is 89.6 cm³/mol. The lowest BCUT2D eigenvalue weighted by Gasteiger charge is -2.39. The van der Waals surface area contributed by atoms with Crippen molar-refractivity contribution in [3.8, 4) is 0 Å². The molecule has 9 heteroatoms. The number of carbonyl (C=O) groups is 2. The first-order valence-electron chi connectivity index (χ1n) is 7.83. The Balaban J connectivity index is 1.98. The first-order chi connectivity index (χ1) is 11.5. The van der Waals surface area contributed by atoms with Gasteiger partial charge in [-0.25, -0.2) is 13.2 Å². The molecule has 0 aliphatic heterocycles. The van der Waals surface area contributed by atoms with Crippen LogP contribution in [0.2, 0.25) is 0 Å². The third kappa shape index (κ3) is 4.36. The van der Waals surface area contributed by atoms with Crippen LogP contribution in [-0.2, 0) is 25.8 Å². The van der Waals surface area contributed by atoms with Gasteiger partial charge in [-0.1, -0.05) is 12.1 Å². The third-order valence-electron chi connectivity index (χ3n) is 4.48. The van der Waals surface area contributed by atoms with Crippen molar-refractivity contribution < 1.29 is 28.2 Å². The van der Waals surface area contributed by atoms with Crippen molar-refractivity contribution in [3.05, 3.63) is 29.8 Å². The van der Waals surface area contributed by atoms with Crippen molar-refractivity contribution in [1.82, 2.24) is 5.32 Å². The Labute approximate surface area is 146 Å². The van der Waals surface area contributed by atoms with Gasteiger partial charge in [-0.15, -0.1) is 0 Å². The number of hydrogen-bond acceptors (Lipinski definition) is 6. The number of amides is 1. The summed E-state index contributed by atoms with van der Waals surface area (Å²) in [5.41, 5.74) is 5.20. The summed E-state index contributed by atoms with van der Waals surface area (Å²) in [7, 11) is -3.30. The van der Waals surface area contributed by atoms with E-state index in [9.17, 15) is 28.2 Å². The van der Waals surface area contributed by atoms with Gasteiger partial charge in [0.15, 0.2) is 9.84 Å². The van der Waals surface area contributed by atoms with Crippen LogP contribution in [0.1, 0.15) is 24.8 Å². The zero-order valence-electron chi connectivity index (χ0n) is 13.8. The largest absolute Gasteiger partial charge is 0.480 e. The molecular weight excluding hydrogens is 348 g/mol. The molecule has 0 bridgehead atoms. The molecule has 1 aromatic carbocycles. The van der Waals surface area contributed by atoms with E-state index in [0.29, 0.717) is 24.8 Å². The van der Waals surface area contributed by atoms with Crippen LogP contribution in [-0.4, -0.2) is 54.4 Å². The van der Waals surface area contributed by atoms with Crippen LogP contribution in [0.5, 0.6) is 0 Å². The van der Waals surface area contributed by atoms with Crippen molar-refractivity contribution in [3.63, 3.8) is 0 Å². The normalized spacial score (nSPS) is 18.7. The Morgan fingerprint density at radius 1 is 1.28 bits per heavy atom. The van der Waals surface area contributed by atoms with Gasteiger partial charge in [-0.3, -0.25) is 4.79 Å². The second-order valence-corrected chi connectivity index (χ2v) is 8.47. The molecule has 138 valence electrons. The molecule has 2 rings (SSSR count). The van der Waals surface area contributed by atoms with E-state index in [2.05, 4.69) is 5.32 Å². The molecule has 1 aliphatic rings. The first kappa shape index (κ1) is 19.4. The molecule has 1 aliphatic carbocycles. The summed E-state index contributed by atoms with van der Waals surface area (Å²) in [6.45, 7) is 0. The molecule has 5 N–H and O–H groups in total. The monoisotopic (exact) mass is 370 g/mol. The van der Waals surface area contributed by atoms with E-state index in [1.165, 1.54) is 12.1 Å². The van der Waals surface area contributed by atoms with E-state index < -0.39 is 39.4 Å². The van der Waals surface area contributed by atoms with Crippen molar-refractivity contribution in [2.45, 2.75) is 48.3 Å². The summed E-state index contributed by atoms with van der Waals surface area (Å²) in [6.07, 6.45) is 1.01. The molecule has 25 heavy (non-hydrogen) atoms. The molecule has 0 aromatic heterocycles. The lowest BCUT2D eigenvalue weighted by Crippen LogP contribution is -2.62. The Bertz CT molecular complexity index is 755. The van der Waals surface area contributed by atoms with E-state index in [0.717, 1.165) is 6.26 Å². The van der Waals surface area contributed by atoms with Gasteiger partial charge in [0.1, 0.15) is 11.6 Å². The van der Waals surface area contributed by atoms with Crippen LogP contribution in [0.4, 0.5) is 0 Å². The number of hydrogen-bond donors (Lipinski definition) is 4. The van der Waals surface area contributed by atoms with E-state index in [1.54, 1.807) is 12.1 Å². The average Bonchev–Trinajstić information content (AvgIpc) is 2.49. The zero-order valence-corrected chi connectivity index (χ0v) is 14.6. The lowest BCUT2D eigenvalue weighted by atomic mass is 9.76. The van der Waals surface area contributed by atoms with Gasteiger partial charge in [0, 0.05) is 12.3 Å². The number of carboxylic acids is 1. The second-order valence-electron chi connectivity index (χ2n) is 6.46. The topological polar surface area (TPSA) is 147 Å². The van der Waals surface area contributed by atoms with Crippen molar-refractivity contribution in [1.29, 1.82) is 0 Å². The number of aliphatic carboxylic acids is 1. The van der Waals surface area contributed by atoms with Crippen molar-refractivity contribution >= 4 is 21.7 Å². The van der Waals surface area contributed by atoms with E-state index in [-0.39, 0.29) is 11.3 Å². The van der Waals surface area contributed by atoms with Gasteiger partial charge in [0.2, 0.25) is 0 Å². The van der Waals surface area contributed by atoms with Crippen LogP contribution in [0.3, 0.4) is 0 Å². The molecule has 1 aromatic rings. The van der Waals surface area contributed by atoms with Gasteiger partial charge in [0.25, 0.3) is 5.91 Å². The molecule has 0 spiro atoms. The molecule has 0 radical (unpaired) electrons. The Morgan fingerprint density at radius 2 is 1.84 bits per heavy atom. The van der Waals surface area contributed by atoms with Crippen LogP contribution in [0.25, 0.3) is 0 Å². The number of carbonyl (C=O) groups excluding carboxylic acids is 1. The number of sulfone groups is 1. The van der Waals surface area contributed by atoms with E-state index in [4.69, 9.17) is 5.73 Å². The highest BCUT2D eigenvalue weighted by Gasteiger charge is 2.46. The van der Waals surface area contributed by atoms with Crippen LogP contribution in [0.15, 0.2) is 29.2 Å². The summed E-state index contributed by atoms with van der Waals surface area (Å²) >= 11 is 0. The molecule has 0 heterocycles. The maximum atomic E-state index is 12.1. The van der Waals surface area contributed by atoms with Crippen LogP contribution < -0.4 is 11.1 Å². The molecular formula is C16H22N2O6S. The van der Waals surface area contributed by atoms with Crippen molar-refractivity contribution in [2.75, 3.05) is 6.26 Å². The van der Waals surface area contributed by atoms with E-state index >= 15 is 0 Å². The van der Waals surface area contributed by atoms with Gasteiger partial charge >= 0.3 is 5.97 Å². The third-order valence-corrected chi connectivity index (χ3v) is 5.60. The summed E-state index contributed by atoms with van der Waals surface area (Å²) in [5.74, 6) is -1.94. The SMILES string of the molecule is CS(=O)(=O)c1ccc(C[C@@H](N)[C@H](O)C(=O)NC2(C(=O)O)CCC2)cc1. The number of nitrogens with one attached hydrogen (secondary N) is 1. The molecule has 0 saturated heterocycles. The minimum atomic E-state index is -3.30. The minimum absolute atomic E-state index is 0.138. The number of benzene rings is 1. The standard InChI is InChI=1S/C16H22N2O6S/c1-25(23,24)11-5-3-10(4-6-11)9-12(17)13(19)14(20)18-16(15(21)22)7-2-8-16/h3-6,12-13,19H,2,7-9,17H2,1H3,(H,18,20)(H,21,22)/t12-,13+/m1/s1. The Kier molecular flexibility index (Phi) is 5.50. The molecule has 1 amide bonds. The summed E-state index contributed by atoms with van der Waals surface area (Å²) in [5, 5.41) is 21.7. The number of aliphatic hydroxyl groups excluding tert-OH is 1. The minimum Gasteiger partial charge on any atom is -0.480 e. The van der Waals surface area contributed by atoms with Gasteiger partial charge in [-0.05, 0) is 43.4 Å².